The minimum atomic E-state index is -3.77. The molecule has 0 spiro atoms. The van der Waals surface area contributed by atoms with Crippen LogP contribution in [-0.4, -0.2) is 75.4 Å². The summed E-state index contributed by atoms with van der Waals surface area (Å²) in [7, 11) is -2.51. The topological polar surface area (TPSA) is 96.0 Å². The standard InChI is InChI=1S/C18H25N3O5S/c1-13-5-6-14(18(23)26-2)10-16(13)27(24,25)20-8-3-4-15(12-20)21-9-7-19-11-17(21)22/h5-6,10,15,19H,3-4,7-9,11-12H2,1-2H3. The number of hydrogen-bond donors (Lipinski definition) is 1. The number of piperazine rings is 1. The molecule has 27 heavy (non-hydrogen) atoms. The Kier molecular flexibility index (Phi) is 5.83. The fourth-order valence-corrected chi connectivity index (χ4v) is 5.43. The summed E-state index contributed by atoms with van der Waals surface area (Å²) in [5, 5.41) is 3.03. The largest absolute Gasteiger partial charge is 0.465 e. The fraction of sp³-hybridized carbons (Fsp3) is 0.556. The Bertz CT molecular complexity index is 839. The average molecular weight is 395 g/mol. The van der Waals surface area contributed by atoms with Crippen molar-refractivity contribution < 1.29 is 22.7 Å². The maximum atomic E-state index is 13.2. The molecule has 0 aromatic heterocycles. The minimum absolute atomic E-state index is 0.00867. The molecule has 1 aromatic rings. The van der Waals surface area contributed by atoms with E-state index >= 15 is 0 Å². The molecule has 1 N–H and O–H groups in total. The number of hydrogen-bond acceptors (Lipinski definition) is 6. The Morgan fingerprint density at radius 3 is 2.78 bits per heavy atom. The second-order valence-corrected chi connectivity index (χ2v) is 8.80. The van der Waals surface area contributed by atoms with Gasteiger partial charge in [0.25, 0.3) is 0 Å². The van der Waals surface area contributed by atoms with Crippen LogP contribution in [0.1, 0.15) is 28.8 Å². The van der Waals surface area contributed by atoms with Crippen molar-refractivity contribution in [3.05, 3.63) is 29.3 Å². The fourth-order valence-electron chi connectivity index (χ4n) is 3.66. The molecule has 3 rings (SSSR count). The quantitative estimate of drug-likeness (QED) is 0.740. The van der Waals surface area contributed by atoms with Gasteiger partial charge in [-0.3, -0.25) is 4.79 Å². The van der Waals surface area contributed by atoms with Crippen molar-refractivity contribution in [2.45, 2.75) is 30.7 Å². The lowest BCUT2D eigenvalue weighted by atomic mass is 10.1. The van der Waals surface area contributed by atoms with Crippen molar-refractivity contribution in [1.82, 2.24) is 14.5 Å². The number of aryl methyl sites for hydroxylation is 1. The van der Waals surface area contributed by atoms with Crippen LogP contribution in [-0.2, 0) is 19.6 Å². The number of carbonyl (C=O) groups excluding carboxylic acids is 2. The molecule has 1 aromatic carbocycles. The first-order chi connectivity index (χ1) is 12.8. The summed E-state index contributed by atoms with van der Waals surface area (Å²) in [6.07, 6.45) is 1.48. The molecule has 2 aliphatic heterocycles. The van der Waals surface area contributed by atoms with Crippen molar-refractivity contribution >= 4 is 21.9 Å². The van der Waals surface area contributed by atoms with E-state index in [1.807, 2.05) is 0 Å². The van der Waals surface area contributed by atoms with Gasteiger partial charge < -0.3 is 15.0 Å². The number of methoxy groups -OCH3 is 1. The van der Waals surface area contributed by atoms with Gasteiger partial charge in [0.1, 0.15) is 0 Å². The summed E-state index contributed by atoms with van der Waals surface area (Å²) in [6, 6.07) is 4.42. The zero-order valence-electron chi connectivity index (χ0n) is 15.6. The lowest BCUT2D eigenvalue weighted by Crippen LogP contribution is -2.57. The molecule has 1 amide bonds. The first-order valence-corrected chi connectivity index (χ1v) is 10.5. The monoisotopic (exact) mass is 395 g/mol. The number of nitrogens with zero attached hydrogens (tertiary/aromatic N) is 2. The predicted octanol–water partition coefficient (Wildman–Crippen LogP) is 0.367. The van der Waals surface area contributed by atoms with Crippen molar-refractivity contribution in [2.75, 3.05) is 39.8 Å². The Morgan fingerprint density at radius 1 is 1.30 bits per heavy atom. The first kappa shape index (κ1) is 19.8. The summed E-state index contributed by atoms with van der Waals surface area (Å²) in [5.74, 6) is -0.566. The zero-order valence-corrected chi connectivity index (χ0v) is 16.4. The summed E-state index contributed by atoms with van der Waals surface area (Å²) in [4.78, 5) is 25.9. The Balaban J connectivity index is 1.86. The van der Waals surface area contributed by atoms with Crippen LogP contribution in [0.2, 0.25) is 0 Å². The first-order valence-electron chi connectivity index (χ1n) is 9.04. The number of esters is 1. The maximum Gasteiger partial charge on any atom is 0.337 e. The highest BCUT2D eigenvalue weighted by Crippen LogP contribution is 2.26. The Morgan fingerprint density at radius 2 is 2.07 bits per heavy atom. The molecular formula is C18H25N3O5S. The molecule has 9 heteroatoms. The van der Waals surface area contributed by atoms with Crippen molar-refractivity contribution in [1.29, 1.82) is 0 Å². The van der Waals surface area contributed by atoms with Gasteiger partial charge in [0.05, 0.1) is 24.1 Å². The van der Waals surface area contributed by atoms with E-state index in [1.54, 1.807) is 24.0 Å². The van der Waals surface area contributed by atoms with Crippen LogP contribution in [0.25, 0.3) is 0 Å². The normalized spacial score (nSPS) is 21.9. The lowest BCUT2D eigenvalue weighted by Gasteiger charge is -2.40. The van der Waals surface area contributed by atoms with Gasteiger partial charge in [-0.25, -0.2) is 13.2 Å². The molecule has 2 fully saturated rings. The van der Waals surface area contributed by atoms with Crippen LogP contribution >= 0.6 is 0 Å². The van der Waals surface area contributed by atoms with Gasteiger partial charge in [0.2, 0.25) is 15.9 Å². The predicted molar refractivity (Wildman–Crippen MR) is 98.9 cm³/mol. The van der Waals surface area contributed by atoms with E-state index in [1.165, 1.54) is 17.5 Å². The highest BCUT2D eigenvalue weighted by Gasteiger charge is 2.35. The van der Waals surface area contributed by atoms with Crippen molar-refractivity contribution in [3.8, 4) is 0 Å². The molecule has 0 bridgehead atoms. The summed E-state index contributed by atoms with van der Waals surface area (Å²) in [6.45, 7) is 3.99. The lowest BCUT2D eigenvalue weighted by molar-refractivity contribution is -0.135. The van der Waals surface area contributed by atoms with Crippen LogP contribution < -0.4 is 5.32 Å². The van der Waals surface area contributed by atoms with E-state index in [4.69, 9.17) is 4.74 Å². The Hall–Kier alpha value is -1.97. The van der Waals surface area contributed by atoms with Crippen molar-refractivity contribution in [2.24, 2.45) is 0 Å². The van der Waals surface area contributed by atoms with Gasteiger partial charge in [-0.15, -0.1) is 0 Å². The molecule has 1 atom stereocenters. The average Bonchev–Trinajstić information content (AvgIpc) is 2.68. The van der Waals surface area contributed by atoms with Crippen LogP contribution in [0.3, 0.4) is 0 Å². The molecule has 0 saturated carbocycles. The van der Waals surface area contributed by atoms with Gasteiger partial charge in [-0.05, 0) is 37.5 Å². The molecule has 2 aliphatic rings. The molecule has 8 nitrogen and oxygen atoms in total. The van der Waals surface area contributed by atoms with Gasteiger partial charge in [0.15, 0.2) is 0 Å². The van der Waals surface area contributed by atoms with Crippen LogP contribution in [0.5, 0.6) is 0 Å². The van der Waals surface area contributed by atoms with E-state index in [9.17, 15) is 18.0 Å². The molecule has 2 heterocycles. The minimum Gasteiger partial charge on any atom is -0.465 e. The summed E-state index contributed by atoms with van der Waals surface area (Å²) >= 11 is 0. The number of nitrogens with one attached hydrogen (secondary N) is 1. The van der Waals surface area contributed by atoms with E-state index < -0.39 is 16.0 Å². The molecule has 2 saturated heterocycles. The van der Waals surface area contributed by atoms with E-state index in [0.29, 0.717) is 31.6 Å². The van der Waals surface area contributed by atoms with E-state index in [2.05, 4.69) is 5.32 Å². The molecule has 0 aliphatic carbocycles. The molecule has 1 unspecified atom stereocenters. The number of carbonyl (C=O) groups is 2. The third kappa shape index (κ3) is 3.99. The molecular weight excluding hydrogens is 370 g/mol. The third-order valence-corrected chi connectivity index (χ3v) is 7.16. The summed E-state index contributed by atoms with van der Waals surface area (Å²) < 4.78 is 32.6. The van der Waals surface area contributed by atoms with Crippen LogP contribution in [0.15, 0.2) is 23.1 Å². The van der Waals surface area contributed by atoms with Gasteiger partial charge >= 0.3 is 5.97 Å². The Labute approximate surface area is 159 Å². The zero-order chi connectivity index (χ0) is 19.6. The third-order valence-electron chi connectivity index (χ3n) is 5.15. The number of sulfonamides is 1. The smallest absolute Gasteiger partial charge is 0.337 e. The van der Waals surface area contributed by atoms with Crippen molar-refractivity contribution in [3.63, 3.8) is 0 Å². The number of ether oxygens (including phenoxy) is 1. The van der Waals surface area contributed by atoms with Gasteiger partial charge in [-0.2, -0.15) is 4.31 Å². The second kappa shape index (κ2) is 7.95. The number of benzene rings is 1. The highest BCUT2D eigenvalue weighted by atomic mass is 32.2. The number of piperidine rings is 1. The summed E-state index contributed by atoms with van der Waals surface area (Å²) in [5.41, 5.74) is 0.774. The molecule has 148 valence electrons. The number of rotatable bonds is 4. The number of amides is 1. The second-order valence-electron chi connectivity index (χ2n) is 6.89. The van der Waals surface area contributed by atoms with Crippen LogP contribution in [0, 0.1) is 6.92 Å². The van der Waals surface area contributed by atoms with Gasteiger partial charge in [0, 0.05) is 32.2 Å². The van der Waals surface area contributed by atoms with Gasteiger partial charge in [-0.1, -0.05) is 6.07 Å². The van der Waals surface area contributed by atoms with E-state index in [-0.39, 0.29) is 29.0 Å². The van der Waals surface area contributed by atoms with Crippen LogP contribution in [0.4, 0.5) is 0 Å². The maximum absolute atomic E-state index is 13.2. The highest BCUT2D eigenvalue weighted by molar-refractivity contribution is 7.89. The van der Waals surface area contributed by atoms with E-state index in [0.717, 1.165) is 13.0 Å². The SMILES string of the molecule is COC(=O)c1ccc(C)c(S(=O)(=O)N2CCCC(N3CCNCC3=O)C2)c1. The molecule has 0 radical (unpaired) electrons.